The Labute approximate surface area is 90.9 Å². The number of nitrogens with zero attached hydrogens (tertiary/aromatic N) is 2. The zero-order valence-corrected chi connectivity index (χ0v) is 9.35. The largest absolute Gasteiger partial charge is 0.481 e. The van der Waals surface area contributed by atoms with Gasteiger partial charge in [0.1, 0.15) is 0 Å². The summed E-state index contributed by atoms with van der Waals surface area (Å²) in [6, 6.07) is 0.590. The minimum atomic E-state index is -0.692. The standard InChI is InChI=1S/C11H20N2O2/c1-12(5-4-11(14)15)10-8-13-6-2-9(10)3-7-13/h9-10H,2-8H2,1H3,(H,14,15). The maximum atomic E-state index is 10.5. The summed E-state index contributed by atoms with van der Waals surface area (Å²) in [5.74, 6) is 0.108. The van der Waals surface area contributed by atoms with Gasteiger partial charge in [-0.1, -0.05) is 0 Å². The molecule has 3 rings (SSSR count). The summed E-state index contributed by atoms with van der Waals surface area (Å²) < 4.78 is 0. The predicted octanol–water partition coefficient (Wildman–Crippen LogP) is 0.487. The number of hydrogen-bond acceptors (Lipinski definition) is 3. The third-order valence-electron chi connectivity index (χ3n) is 3.87. The van der Waals surface area contributed by atoms with Crippen LogP contribution >= 0.6 is 0 Å². The van der Waals surface area contributed by atoms with E-state index < -0.39 is 5.97 Å². The van der Waals surface area contributed by atoms with Gasteiger partial charge in [0, 0.05) is 19.1 Å². The van der Waals surface area contributed by atoms with Crippen LogP contribution in [0.1, 0.15) is 19.3 Å². The second-order valence-electron chi connectivity index (χ2n) is 4.83. The summed E-state index contributed by atoms with van der Waals surface area (Å²) in [7, 11) is 2.06. The van der Waals surface area contributed by atoms with Crippen molar-refractivity contribution in [2.75, 3.05) is 33.2 Å². The summed E-state index contributed by atoms with van der Waals surface area (Å²) in [6.45, 7) is 4.31. The average molecular weight is 212 g/mol. The van der Waals surface area contributed by atoms with E-state index in [2.05, 4.69) is 16.8 Å². The van der Waals surface area contributed by atoms with Crippen LogP contribution in [-0.2, 0) is 4.79 Å². The lowest BCUT2D eigenvalue weighted by atomic mass is 9.83. The molecule has 0 aliphatic carbocycles. The zero-order valence-electron chi connectivity index (χ0n) is 9.35. The van der Waals surface area contributed by atoms with Crippen LogP contribution in [0.2, 0.25) is 0 Å². The second-order valence-corrected chi connectivity index (χ2v) is 4.83. The minimum absolute atomic E-state index is 0.264. The highest BCUT2D eigenvalue weighted by Crippen LogP contribution is 2.30. The van der Waals surface area contributed by atoms with Gasteiger partial charge in [-0.15, -0.1) is 0 Å². The highest BCUT2D eigenvalue weighted by molar-refractivity contribution is 5.66. The normalized spacial score (nSPS) is 34.7. The summed E-state index contributed by atoms with van der Waals surface area (Å²) in [5.41, 5.74) is 0. The molecule has 1 unspecified atom stereocenters. The molecule has 0 aromatic carbocycles. The predicted molar refractivity (Wildman–Crippen MR) is 57.8 cm³/mol. The first-order chi connectivity index (χ1) is 7.16. The summed E-state index contributed by atoms with van der Waals surface area (Å²) >= 11 is 0. The lowest BCUT2D eigenvalue weighted by Gasteiger charge is -2.48. The molecule has 3 fully saturated rings. The number of aliphatic carboxylic acids is 1. The second kappa shape index (κ2) is 4.49. The van der Waals surface area contributed by atoms with E-state index in [4.69, 9.17) is 5.11 Å². The van der Waals surface area contributed by atoms with Crippen LogP contribution < -0.4 is 0 Å². The number of carboxylic acids is 1. The molecule has 1 N–H and O–H groups in total. The maximum Gasteiger partial charge on any atom is 0.304 e. The van der Waals surface area contributed by atoms with Crippen molar-refractivity contribution in [2.24, 2.45) is 5.92 Å². The summed E-state index contributed by atoms with van der Waals surface area (Å²) in [4.78, 5) is 15.3. The van der Waals surface area contributed by atoms with Gasteiger partial charge in [0.25, 0.3) is 0 Å². The van der Waals surface area contributed by atoms with Crippen LogP contribution in [0, 0.1) is 5.92 Å². The summed E-state index contributed by atoms with van der Waals surface area (Å²) in [5, 5.41) is 8.66. The molecule has 0 spiro atoms. The first-order valence-electron chi connectivity index (χ1n) is 5.81. The van der Waals surface area contributed by atoms with Gasteiger partial charge in [0.15, 0.2) is 0 Å². The Morgan fingerprint density at radius 1 is 1.47 bits per heavy atom. The fourth-order valence-electron chi connectivity index (χ4n) is 2.87. The number of likely N-dealkylation sites (N-methyl/N-ethyl adjacent to an activating group) is 1. The van der Waals surface area contributed by atoms with E-state index in [9.17, 15) is 4.79 Å². The van der Waals surface area contributed by atoms with Gasteiger partial charge in [-0.2, -0.15) is 0 Å². The van der Waals surface area contributed by atoms with Gasteiger partial charge in [0.2, 0.25) is 0 Å². The molecule has 0 aromatic heterocycles. The van der Waals surface area contributed by atoms with Crippen molar-refractivity contribution in [3.05, 3.63) is 0 Å². The monoisotopic (exact) mass is 212 g/mol. The molecule has 15 heavy (non-hydrogen) atoms. The van der Waals surface area contributed by atoms with Gasteiger partial charge in [0.05, 0.1) is 6.42 Å². The van der Waals surface area contributed by atoms with Gasteiger partial charge in [-0.05, 0) is 38.9 Å². The molecule has 3 saturated heterocycles. The molecular formula is C11H20N2O2. The minimum Gasteiger partial charge on any atom is -0.481 e. The number of hydrogen-bond donors (Lipinski definition) is 1. The van der Waals surface area contributed by atoms with Crippen molar-refractivity contribution in [1.82, 2.24) is 9.80 Å². The maximum absolute atomic E-state index is 10.5. The van der Waals surface area contributed by atoms with Gasteiger partial charge >= 0.3 is 5.97 Å². The Balaban J connectivity index is 1.84. The molecule has 0 saturated carbocycles. The van der Waals surface area contributed by atoms with Crippen LogP contribution in [0.3, 0.4) is 0 Å². The highest BCUT2D eigenvalue weighted by Gasteiger charge is 2.35. The van der Waals surface area contributed by atoms with Gasteiger partial charge in [-0.3, -0.25) is 4.79 Å². The molecule has 3 aliphatic rings. The first kappa shape index (κ1) is 10.9. The molecule has 0 amide bonds. The highest BCUT2D eigenvalue weighted by atomic mass is 16.4. The smallest absolute Gasteiger partial charge is 0.304 e. The number of carboxylic acid groups (broad SMARTS) is 1. The van der Waals surface area contributed by atoms with Crippen LogP contribution in [0.25, 0.3) is 0 Å². The molecule has 2 bridgehead atoms. The molecule has 86 valence electrons. The number of rotatable bonds is 4. The molecule has 0 radical (unpaired) electrons. The average Bonchev–Trinajstić information content (AvgIpc) is 2.27. The first-order valence-corrected chi connectivity index (χ1v) is 5.81. The molecule has 3 aliphatic heterocycles. The zero-order chi connectivity index (χ0) is 10.8. The molecule has 1 atom stereocenters. The van der Waals surface area contributed by atoms with Crippen LogP contribution in [0.15, 0.2) is 0 Å². The Morgan fingerprint density at radius 2 is 2.13 bits per heavy atom. The van der Waals surface area contributed by atoms with Crippen LogP contribution in [0.5, 0.6) is 0 Å². The van der Waals surface area contributed by atoms with Crippen molar-refractivity contribution < 1.29 is 9.90 Å². The van der Waals surface area contributed by atoms with Crippen molar-refractivity contribution in [2.45, 2.75) is 25.3 Å². The van der Waals surface area contributed by atoms with Crippen molar-refractivity contribution in [3.8, 4) is 0 Å². The van der Waals surface area contributed by atoms with E-state index in [0.29, 0.717) is 12.6 Å². The van der Waals surface area contributed by atoms with E-state index >= 15 is 0 Å². The van der Waals surface area contributed by atoms with Crippen LogP contribution in [-0.4, -0.2) is 60.1 Å². The fraction of sp³-hybridized carbons (Fsp3) is 0.909. The Hall–Kier alpha value is -0.610. The molecule has 4 nitrogen and oxygen atoms in total. The third kappa shape index (κ3) is 2.49. The van der Waals surface area contributed by atoms with Crippen molar-refractivity contribution >= 4 is 5.97 Å². The number of fused-ring (bicyclic) bond motifs is 3. The summed E-state index contributed by atoms with van der Waals surface area (Å²) in [6.07, 6.45) is 2.85. The topological polar surface area (TPSA) is 43.8 Å². The van der Waals surface area contributed by atoms with Crippen molar-refractivity contribution in [3.63, 3.8) is 0 Å². The lowest BCUT2D eigenvalue weighted by Crippen LogP contribution is -2.56. The van der Waals surface area contributed by atoms with E-state index in [1.807, 2.05) is 0 Å². The Bertz CT molecular complexity index is 237. The quantitative estimate of drug-likeness (QED) is 0.736. The molecule has 3 heterocycles. The molecular weight excluding hydrogens is 192 g/mol. The number of carbonyl (C=O) groups is 1. The van der Waals surface area contributed by atoms with E-state index in [0.717, 1.165) is 12.5 Å². The van der Waals surface area contributed by atoms with E-state index in [-0.39, 0.29) is 6.42 Å². The number of piperidine rings is 3. The SMILES string of the molecule is CN(CCC(=O)O)C1CN2CCC1CC2. The van der Waals surface area contributed by atoms with Crippen molar-refractivity contribution in [1.29, 1.82) is 0 Å². The van der Waals surface area contributed by atoms with Gasteiger partial charge < -0.3 is 14.9 Å². The third-order valence-corrected chi connectivity index (χ3v) is 3.87. The van der Waals surface area contributed by atoms with E-state index in [1.54, 1.807) is 0 Å². The fourth-order valence-corrected chi connectivity index (χ4v) is 2.87. The van der Waals surface area contributed by atoms with E-state index in [1.165, 1.54) is 25.9 Å². The Morgan fingerprint density at radius 3 is 2.60 bits per heavy atom. The van der Waals surface area contributed by atoms with Gasteiger partial charge in [-0.25, -0.2) is 0 Å². The molecule has 4 heteroatoms. The molecule has 0 aromatic rings. The Kier molecular flexibility index (Phi) is 3.26. The lowest BCUT2D eigenvalue weighted by molar-refractivity contribution is -0.137. The van der Waals surface area contributed by atoms with Crippen LogP contribution in [0.4, 0.5) is 0 Å².